The quantitative estimate of drug-likeness (QED) is 0.347. The minimum atomic E-state index is -1.26. The van der Waals surface area contributed by atoms with Crippen LogP contribution in [0.1, 0.15) is 40.5 Å². The lowest BCUT2D eigenvalue weighted by Crippen LogP contribution is -1.87. The van der Waals surface area contributed by atoms with Crippen molar-refractivity contribution in [2.75, 3.05) is 55.0 Å². The predicted octanol–water partition coefficient (Wildman–Crippen LogP) is 3.23. The predicted molar refractivity (Wildman–Crippen MR) is 114 cm³/mol. The van der Waals surface area contributed by atoms with Crippen molar-refractivity contribution in [3.05, 3.63) is 0 Å². The lowest BCUT2D eigenvalue weighted by atomic mass is 10.5. The van der Waals surface area contributed by atoms with Gasteiger partial charge in [-0.25, -0.2) is 0 Å². The molecule has 0 aliphatic heterocycles. The molecule has 9 nitrogen and oxygen atoms in total. The van der Waals surface area contributed by atoms with Gasteiger partial charge < -0.3 is 33.8 Å². The second kappa shape index (κ2) is 72.7. The number of hydrogen-bond donors (Lipinski definition) is 4. The van der Waals surface area contributed by atoms with Gasteiger partial charge in [-0.3, -0.25) is 0 Å². The first-order valence-electron chi connectivity index (χ1n) is 8.12. The Balaban J connectivity index is -0.0000000405. The highest BCUT2D eigenvalue weighted by Crippen LogP contribution is 2.31. The molecule has 0 radical (unpaired) electrons. The van der Waals surface area contributed by atoms with Gasteiger partial charge in [0.1, 0.15) is 0 Å². The summed E-state index contributed by atoms with van der Waals surface area (Å²) in [6, 6.07) is 3.87. The van der Waals surface area contributed by atoms with Gasteiger partial charge in [-0.15, -0.1) is 0 Å². The summed E-state index contributed by atoms with van der Waals surface area (Å²) >= 11 is 0. The molecular formula is C16H42N2O7P2. The minimum absolute atomic E-state index is 0.342. The minimum Gasteiger partial charge on any atom is -0.400 e. The van der Waals surface area contributed by atoms with E-state index in [0.29, 0.717) is 26.1 Å². The summed E-state index contributed by atoms with van der Waals surface area (Å²) < 4.78 is 14.6. The van der Waals surface area contributed by atoms with Crippen molar-refractivity contribution >= 4 is 16.8 Å². The molecule has 168 valence electrons. The molecule has 0 saturated carbocycles. The zero-order valence-electron chi connectivity index (χ0n) is 18.6. The van der Waals surface area contributed by atoms with Gasteiger partial charge in [0.05, 0.1) is 38.2 Å². The Bertz CT molecular complexity index is 252. The maximum absolute atomic E-state index is 8.51. The third kappa shape index (κ3) is 106. The van der Waals surface area contributed by atoms with E-state index < -0.39 is 16.8 Å². The molecule has 0 aromatic rings. The first-order valence-corrected chi connectivity index (χ1v) is 11.4. The van der Waals surface area contributed by atoms with E-state index >= 15 is 0 Å². The van der Waals surface area contributed by atoms with Crippen LogP contribution in [-0.4, -0.2) is 75.2 Å². The fraction of sp³-hybridized carbons (Fsp3) is 0.875. The van der Waals surface area contributed by atoms with Crippen LogP contribution in [0.2, 0.25) is 0 Å². The Morgan fingerprint density at radius 3 is 1.26 bits per heavy atom. The van der Waals surface area contributed by atoms with Gasteiger partial charge in [0.15, 0.2) is 16.8 Å². The van der Waals surface area contributed by atoms with Crippen LogP contribution in [0.15, 0.2) is 0 Å². The molecule has 2 unspecified atom stereocenters. The molecule has 11 heteroatoms. The molecule has 0 rings (SSSR count). The maximum Gasteiger partial charge on any atom is 0.166 e. The zero-order valence-corrected chi connectivity index (χ0v) is 20.4. The fourth-order valence-corrected chi connectivity index (χ4v) is 1.31. The molecule has 0 bridgehead atoms. The van der Waals surface area contributed by atoms with Gasteiger partial charge in [0.2, 0.25) is 0 Å². The van der Waals surface area contributed by atoms with Crippen LogP contribution in [0.3, 0.4) is 0 Å². The molecular weight excluding hydrogens is 394 g/mol. The van der Waals surface area contributed by atoms with Crippen molar-refractivity contribution in [1.29, 1.82) is 10.5 Å². The molecule has 0 heterocycles. The molecule has 0 fully saturated rings. The lowest BCUT2D eigenvalue weighted by molar-refractivity contribution is 0.294. The van der Waals surface area contributed by atoms with Crippen molar-refractivity contribution in [3.8, 4) is 12.1 Å². The normalized spacial score (nSPS) is 9.04. The largest absolute Gasteiger partial charge is 0.400 e. The first-order chi connectivity index (χ1) is 13.1. The van der Waals surface area contributed by atoms with Gasteiger partial charge in [-0.1, -0.05) is 27.7 Å². The Kier molecular flexibility index (Phi) is 122. The van der Waals surface area contributed by atoms with Crippen molar-refractivity contribution < 1.29 is 33.8 Å². The maximum atomic E-state index is 8.51. The van der Waals surface area contributed by atoms with E-state index in [1.807, 2.05) is 46.5 Å². The molecule has 0 aromatic carbocycles. The van der Waals surface area contributed by atoms with Gasteiger partial charge in [0, 0.05) is 41.8 Å². The van der Waals surface area contributed by atoms with Crippen LogP contribution < -0.4 is 0 Å². The summed E-state index contributed by atoms with van der Waals surface area (Å²) in [4.78, 5) is 8.51. The summed E-state index contributed by atoms with van der Waals surface area (Å²) in [7, 11) is 2.59. The Morgan fingerprint density at radius 2 is 1.04 bits per heavy atom. The van der Waals surface area contributed by atoms with Gasteiger partial charge in [-0.05, 0) is 0 Å². The van der Waals surface area contributed by atoms with Crippen LogP contribution >= 0.6 is 16.8 Å². The van der Waals surface area contributed by atoms with Crippen molar-refractivity contribution in [1.82, 2.24) is 0 Å². The Hall–Kier alpha value is -0.440. The third-order valence-corrected chi connectivity index (χ3v) is 2.85. The van der Waals surface area contributed by atoms with Crippen LogP contribution in [0.25, 0.3) is 0 Å². The Labute approximate surface area is 169 Å². The summed E-state index contributed by atoms with van der Waals surface area (Å²) in [6.07, 6.45) is 0.795. The molecule has 2 atom stereocenters. The highest BCUT2D eigenvalue weighted by Gasteiger charge is 1.96. The average Bonchev–Trinajstić information content (AvgIpc) is 2.76. The molecule has 0 saturated heterocycles. The standard InChI is InChI=1S/C5H10NO2P.C4H8NO2P.2C2H6.3CH4O/c1-7-9(2)8-5-3-4-6;1-8(6)7-4-2-3-5;5*1-2/h3,5H2,1-2H3;6H,2,4H2,1H3;2*1-2H3;3*2H,1H3. The van der Waals surface area contributed by atoms with Crippen LogP contribution in [-0.2, 0) is 13.6 Å². The molecule has 0 aliphatic carbocycles. The lowest BCUT2D eigenvalue weighted by Gasteiger charge is -2.06. The molecule has 0 amide bonds. The monoisotopic (exact) mass is 436 g/mol. The fourth-order valence-electron chi connectivity index (χ4n) is 0.496. The highest BCUT2D eigenvalue weighted by molar-refractivity contribution is 7.46. The van der Waals surface area contributed by atoms with E-state index in [0.717, 1.165) is 21.3 Å². The highest BCUT2D eigenvalue weighted by atomic mass is 31.2. The number of nitriles is 2. The second-order valence-electron chi connectivity index (χ2n) is 2.57. The van der Waals surface area contributed by atoms with E-state index in [4.69, 9.17) is 39.8 Å². The number of hydrogen-bond acceptors (Lipinski definition) is 9. The third-order valence-electron chi connectivity index (χ3n) is 1.24. The van der Waals surface area contributed by atoms with Crippen LogP contribution in [0.5, 0.6) is 0 Å². The number of aliphatic hydroxyl groups excluding tert-OH is 3. The summed E-state index contributed by atoms with van der Waals surface area (Å²) in [5.41, 5.74) is 0. The summed E-state index contributed by atoms with van der Waals surface area (Å²) in [5.74, 6) is 0. The van der Waals surface area contributed by atoms with Crippen molar-refractivity contribution in [2.45, 2.75) is 40.5 Å². The van der Waals surface area contributed by atoms with Gasteiger partial charge in [-0.2, -0.15) is 10.5 Å². The molecule has 0 aliphatic rings. The first kappa shape index (κ1) is 45.4. The van der Waals surface area contributed by atoms with Crippen molar-refractivity contribution in [3.63, 3.8) is 0 Å². The number of aliphatic hydroxyl groups is 3. The molecule has 27 heavy (non-hydrogen) atoms. The van der Waals surface area contributed by atoms with E-state index in [1.54, 1.807) is 13.8 Å². The van der Waals surface area contributed by atoms with Crippen molar-refractivity contribution in [2.24, 2.45) is 0 Å². The summed E-state index contributed by atoms with van der Waals surface area (Å²) in [6.45, 7) is 12.3. The second-order valence-corrected chi connectivity index (χ2v) is 5.26. The van der Waals surface area contributed by atoms with Crippen LogP contribution in [0, 0.1) is 22.7 Å². The smallest absolute Gasteiger partial charge is 0.166 e. The van der Waals surface area contributed by atoms with Crippen LogP contribution in [0.4, 0.5) is 0 Å². The van der Waals surface area contributed by atoms with E-state index in [2.05, 4.69) is 4.52 Å². The van der Waals surface area contributed by atoms with Gasteiger partial charge >= 0.3 is 0 Å². The Morgan fingerprint density at radius 1 is 0.741 bits per heavy atom. The van der Waals surface area contributed by atoms with E-state index in [-0.39, 0.29) is 0 Å². The SMILES string of the molecule is CC.CC.CO.CO.CO.COP(C)OCCC#N.CP(O)OCCC#N. The van der Waals surface area contributed by atoms with Gasteiger partial charge in [0.25, 0.3) is 0 Å². The average molecular weight is 436 g/mol. The van der Waals surface area contributed by atoms with E-state index in [1.165, 1.54) is 0 Å². The number of rotatable bonds is 7. The molecule has 0 aromatic heterocycles. The molecule has 4 N–H and O–H groups in total. The topological polar surface area (TPSA) is 156 Å². The number of nitrogens with zero attached hydrogens (tertiary/aromatic N) is 2. The zero-order chi connectivity index (χ0) is 23.5. The summed E-state index contributed by atoms with van der Waals surface area (Å²) in [5, 5.41) is 37.1. The molecule has 0 spiro atoms. The van der Waals surface area contributed by atoms with E-state index in [9.17, 15) is 0 Å².